The molecular formula is C21H25Cl2N3. The average Bonchev–Trinajstić information content (AvgIpc) is 3.12. The van der Waals surface area contributed by atoms with E-state index in [4.69, 9.17) is 5.26 Å². The predicted octanol–water partition coefficient (Wildman–Crippen LogP) is 4.14. The second-order valence-electron chi connectivity index (χ2n) is 7.22. The predicted molar refractivity (Wildman–Crippen MR) is 110 cm³/mol. The fourth-order valence-corrected chi connectivity index (χ4v) is 4.57. The first kappa shape index (κ1) is 20.7. The summed E-state index contributed by atoms with van der Waals surface area (Å²) in [5, 5.41) is 8.92. The van der Waals surface area contributed by atoms with E-state index in [1.807, 2.05) is 12.1 Å². The van der Waals surface area contributed by atoms with Crippen LogP contribution in [0.25, 0.3) is 0 Å². The van der Waals surface area contributed by atoms with Gasteiger partial charge in [-0.1, -0.05) is 42.5 Å². The van der Waals surface area contributed by atoms with Crippen LogP contribution in [0.2, 0.25) is 0 Å². The standard InChI is InChI=1S/C21H23N3.2ClH/c1-23-13-19-14-24(12-17-9-7-16(11-22)8-10-17)15-20(19)21(23)18-5-3-2-4-6-18;;/h2-10,19-21H,12-15H2,1H3;2*1H/t19-,20+,21-;;/m0../s1. The highest BCUT2D eigenvalue weighted by Gasteiger charge is 2.45. The Bertz CT molecular complexity index is 742. The van der Waals surface area contributed by atoms with Gasteiger partial charge in [0.25, 0.3) is 0 Å². The molecule has 3 atom stereocenters. The molecule has 0 aromatic heterocycles. The van der Waals surface area contributed by atoms with Crippen molar-refractivity contribution in [3.8, 4) is 6.07 Å². The van der Waals surface area contributed by atoms with Gasteiger partial charge in [-0.2, -0.15) is 5.26 Å². The van der Waals surface area contributed by atoms with Gasteiger partial charge in [-0.15, -0.1) is 24.8 Å². The molecule has 2 aromatic carbocycles. The monoisotopic (exact) mass is 389 g/mol. The minimum absolute atomic E-state index is 0. The zero-order valence-corrected chi connectivity index (χ0v) is 16.5. The van der Waals surface area contributed by atoms with Crippen LogP contribution in [0, 0.1) is 23.2 Å². The third-order valence-corrected chi connectivity index (χ3v) is 5.60. The molecule has 2 aromatic rings. The van der Waals surface area contributed by atoms with Gasteiger partial charge in [-0.05, 0) is 42.1 Å². The second-order valence-corrected chi connectivity index (χ2v) is 7.22. The molecule has 2 heterocycles. The molecule has 0 spiro atoms. The zero-order chi connectivity index (χ0) is 16.5. The summed E-state index contributed by atoms with van der Waals surface area (Å²) in [7, 11) is 2.26. The van der Waals surface area contributed by atoms with Crippen LogP contribution in [0.1, 0.15) is 22.7 Å². The van der Waals surface area contributed by atoms with E-state index >= 15 is 0 Å². The maximum Gasteiger partial charge on any atom is 0.0991 e. The number of fused-ring (bicyclic) bond motifs is 1. The molecule has 0 radical (unpaired) electrons. The fourth-order valence-electron chi connectivity index (χ4n) is 4.57. The van der Waals surface area contributed by atoms with Crippen molar-refractivity contribution in [1.29, 1.82) is 5.26 Å². The van der Waals surface area contributed by atoms with Gasteiger partial charge in [-0.3, -0.25) is 9.80 Å². The lowest BCUT2D eigenvalue weighted by molar-refractivity contribution is 0.224. The van der Waals surface area contributed by atoms with Crippen molar-refractivity contribution in [3.63, 3.8) is 0 Å². The third kappa shape index (κ3) is 4.05. The lowest BCUT2D eigenvalue weighted by atomic mass is 9.90. The van der Waals surface area contributed by atoms with E-state index in [2.05, 4.69) is 65.4 Å². The fraction of sp³-hybridized carbons (Fsp3) is 0.381. The minimum atomic E-state index is 0. The van der Waals surface area contributed by atoms with Gasteiger partial charge in [0.2, 0.25) is 0 Å². The van der Waals surface area contributed by atoms with Gasteiger partial charge in [0.05, 0.1) is 11.6 Å². The molecule has 138 valence electrons. The Morgan fingerprint density at radius 3 is 2.31 bits per heavy atom. The lowest BCUT2D eigenvalue weighted by Crippen LogP contribution is -2.28. The average molecular weight is 390 g/mol. The van der Waals surface area contributed by atoms with Crippen LogP contribution in [0.15, 0.2) is 54.6 Å². The number of halogens is 2. The summed E-state index contributed by atoms with van der Waals surface area (Å²) in [6, 6.07) is 21.7. The van der Waals surface area contributed by atoms with Crippen LogP contribution in [0.3, 0.4) is 0 Å². The van der Waals surface area contributed by atoms with E-state index in [9.17, 15) is 0 Å². The lowest BCUT2D eigenvalue weighted by Gasteiger charge is -2.26. The topological polar surface area (TPSA) is 30.3 Å². The van der Waals surface area contributed by atoms with Crippen molar-refractivity contribution < 1.29 is 0 Å². The Morgan fingerprint density at radius 1 is 0.962 bits per heavy atom. The molecule has 2 fully saturated rings. The molecule has 2 saturated heterocycles. The highest BCUT2D eigenvalue weighted by molar-refractivity contribution is 5.85. The molecule has 2 aliphatic heterocycles. The number of likely N-dealkylation sites (tertiary alicyclic amines) is 2. The quantitative estimate of drug-likeness (QED) is 0.789. The molecule has 0 amide bonds. The number of nitriles is 1. The van der Waals surface area contributed by atoms with Gasteiger partial charge in [-0.25, -0.2) is 0 Å². The minimum Gasteiger partial charge on any atom is -0.299 e. The van der Waals surface area contributed by atoms with E-state index in [-0.39, 0.29) is 24.8 Å². The van der Waals surface area contributed by atoms with E-state index in [1.165, 1.54) is 24.2 Å². The van der Waals surface area contributed by atoms with Crippen molar-refractivity contribution in [3.05, 3.63) is 71.3 Å². The molecule has 0 N–H and O–H groups in total. The number of hydrogen-bond donors (Lipinski definition) is 0. The molecule has 5 heteroatoms. The van der Waals surface area contributed by atoms with E-state index in [1.54, 1.807) is 0 Å². The Hall–Kier alpha value is -1.57. The SMILES string of the molecule is CN1C[C@H]2CN(Cc3ccc(C#N)cc3)C[C@H]2[C@@H]1c1ccccc1.Cl.Cl. The van der Waals surface area contributed by atoms with E-state index in [0.29, 0.717) is 6.04 Å². The van der Waals surface area contributed by atoms with Crippen LogP contribution < -0.4 is 0 Å². The first-order valence-electron chi connectivity index (χ1n) is 8.71. The summed E-state index contributed by atoms with van der Waals surface area (Å²) >= 11 is 0. The summed E-state index contributed by atoms with van der Waals surface area (Å²) in [6.45, 7) is 4.52. The van der Waals surface area contributed by atoms with E-state index < -0.39 is 0 Å². The second kappa shape index (κ2) is 8.88. The highest BCUT2D eigenvalue weighted by atomic mass is 35.5. The molecule has 26 heavy (non-hydrogen) atoms. The van der Waals surface area contributed by atoms with Crippen molar-refractivity contribution in [2.45, 2.75) is 12.6 Å². The van der Waals surface area contributed by atoms with Crippen molar-refractivity contribution in [2.75, 3.05) is 26.7 Å². The maximum absolute atomic E-state index is 8.92. The number of hydrogen-bond acceptors (Lipinski definition) is 3. The van der Waals surface area contributed by atoms with Crippen molar-refractivity contribution in [1.82, 2.24) is 9.80 Å². The largest absolute Gasteiger partial charge is 0.299 e. The van der Waals surface area contributed by atoms with Crippen LogP contribution in [-0.4, -0.2) is 36.5 Å². The molecule has 0 saturated carbocycles. The highest BCUT2D eigenvalue weighted by Crippen LogP contribution is 2.44. The van der Waals surface area contributed by atoms with Gasteiger partial charge in [0.1, 0.15) is 0 Å². The summed E-state index contributed by atoms with van der Waals surface area (Å²) in [6.07, 6.45) is 0. The van der Waals surface area contributed by atoms with Gasteiger partial charge in [0.15, 0.2) is 0 Å². The van der Waals surface area contributed by atoms with Crippen LogP contribution in [0.5, 0.6) is 0 Å². The number of nitrogens with zero attached hydrogens (tertiary/aromatic N) is 3. The molecule has 2 aliphatic rings. The first-order chi connectivity index (χ1) is 11.7. The molecular weight excluding hydrogens is 365 g/mol. The summed E-state index contributed by atoms with van der Waals surface area (Å²) < 4.78 is 0. The zero-order valence-electron chi connectivity index (χ0n) is 14.9. The summed E-state index contributed by atoms with van der Waals surface area (Å²) in [5.74, 6) is 1.48. The van der Waals surface area contributed by atoms with Crippen molar-refractivity contribution in [2.24, 2.45) is 11.8 Å². The maximum atomic E-state index is 8.92. The first-order valence-corrected chi connectivity index (χ1v) is 8.71. The van der Waals surface area contributed by atoms with Gasteiger partial charge < -0.3 is 0 Å². The summed E-state index contributed by atoms with van der Waals surface area (Å²) in [4.78, 5) is 5.11. The number of rotatable bonds is 3. The third-order valence-electron chi connectivity index (χ3n) is 5.60. The Labute approximate surface area is 168 Å². The normalized spacial score (nSPS) is 25.0. The molecule has 0 aliphatic carbocycles. The molecule has 3 nitrogen and oxygen atoms in total. The molecule has 0 unspecified atom stereocenters. The smallest absolute Gasteiger partial charge is 0.0991 e. The summed E-state index contributed by atoms with van der Waals surface area (Å²) in [5.41, 5.74) is 3.49. The van der Waals surface area contributed by atoms with Crippen molar-refractivity contribution >= 4 is 24.8 Å². The molecule has 4 rings (SSSR count). The van der Waals surface area contributed by atoms with Crippen LogP contribution in [-0.2, 0) is 6.54 Å². The van der Waals surface area contributed by atoms with Gasteiger partial charge >= 0.3 is 0 Å². The van der Waals surface area contributed by atoms with Crippen LogP contribution in [0.4, 0.5) is 0 Å². The van der Waals surface area contributed by atoms with Gasteiger partial charge in [0, 0.05) is 32.2 Å². The number of benzene rings is 2. The molecule has 0 bridgehead atoms. The van der Waals surface area contributed by atoms with E-state index in [0.717, 1.165) is 30.5 Å². The van der Waals surface area contributed by atoms with Crippen LogP contribution >= 0.6 is 24.8 Å². The Kier molecular flexibility index (Phi) is 7.08. The Balaban J connectivity index is 0.00000121. The Morgan fingerprint density at radius 2 is 1.65 bits per heavy atom.